The first kappa shape index (κ1) is 18.2. The van der Waals surface area contributed by atoms with Crippen LogP contribution in [0.15, 0.2) is 66.7 Å². The van der Waals surface area contributed by atoms with Gasteiger partial charge in [-0.3, -0.25) is 4.79 Å². The van der Waals surface area contributed by atoms with Gasteiger partial charge in [-0.1, -0.05) is 36.4 Å². The van der Waals surface area contributed by atoms with E-state index in [2.05, 4.69) is 28.9 Å². The van der Waals surface area contributed by atoms with Gasteiger partial charge in [0.2, 0.25) is 5.91 Å². The van der Waals surface area contributed by atoms with E-state index in [9.17, 15) is 9.18 Å². The van der Waals surface area contributed by atoms with Crippen molar-refractivity contribution in [1.29, 1.82) is 0 Å². The zero-order valence-corrected chi connectivity index (χ0v) is 15.7. The molecule has 1 heterocycles. The Morgan fingerprint density at radius 2 is 1.75 bits per heavy atom. The van der Waals surface area contributed by atoms with Crippen LogP contribution >= 0.6 is 0 Å². The van der Waals surface area contributed by atoms with Crippen LogP contribution in [-0.2, 0) is 17.8 Å². The monoisotopic (exact) mass is 375 g/mol. The van der Waals surface area contributed by atoms with Gasteiger partial charge in [0.05, 0.1) is 6.04 Å². The Bertz CT molecular complexity index is 1170. The van der Waals surface area contributed by atoms with E-state index in [1.54, 1.807) is 18.2 Å². The van der Waals surface area contributed by atoms with Gasteiger partial charge >= 0.3 is 0 Å². The summed E-state index contributed by atoms with van der Waals surface area (Å²) in [6, 6.07) is 19.6. The molecule has 28 heavy (non-hydrogen) atoms. The number of anilines is 1. The number of para-hydroxylation sites is 1. The Labute approximate surface area is 162 Å². The van der Waals surface area contributed by atoms with E-state index in [4.69, 9.17) is 5.73 Å². The number of nitrogens with one attached hydrogen (secondary N) is 1. The van der Waals surface area contributed by atoms with Gasteiger partial charge in [-0.15, -0.1) is 0 Å². The minimum absolute atomic E-state index is 0.149. The van der Waals surface area contributed by atoms with Gasteiger partial charge in [0.15, 0.2) is 0 Å². The smallest absolute Gasteiger partial charge is 0.241 e. The number of rotatable bonds is 5. The van der Waals surface area contributed by atoms with Gasteiger partial charge in [-0.05, 0) is 49.2 Å². The maximum Gasteiger partial charge on any atom is 0.241 e. The molecule has 1 amide bonds. The second-order valence-electron chi connectivity index (χ2n) is 6.88. The largest absolute Gasteiger partial charge is 0.341 e. The SMILES string of the molecule is CCn1c2ccccc2c2cc(NC(=O)C(N)Cc3ccccc3F)ccc21. The summed E-state index contributed by atoms with van der Waals surface area (Å²) >= 11 is 0. The van der Waals surface area contributed by atoms with Crippen LogP contribution in [0, 0.1) is 5.82 Å². The highest BCUT2D eigenvalue weighted by Gasteiger charge is 2.17. The summed E-state index contributed by atoms with van der Waals surface area (Å²) in [6.07, 6.45) is 0.149. The second-order valence-corrected chi connectivity index (χ2v) is 6.88. The topological polar surface area (TPSA) is 60.0 Å². The maximum atomic E-state index is 13.8. The molecule has 0 bridgehead atoms. The lowest BCUT2D eigenvalue weighted by Gasteiger charge is -2.13. The van der Waals surface area contributed by atoms with Crippen molar-refractivity contribution in [2.45, 2.75) is 25.9 Å². The zero-order valence-electron chi connectivity index (χ0n) is 15.7. The lowest BCUT2D eigenvalue weighted by Crippen LogP contribution is -2.37. The van der Waals surface area contributed by atoms with Crippen LogP contribution in [-0.4, -0.2) is 16.5 Å². The summed E-state index contributed by atoms with van der Waals surface area (Å²) < 4.78 is 16.1. The molecule has 0 spiro atoms. The molecule has 0 aliphatic rings. The number of aryl methyl sites for hydroxylation is 1. The standard InChI is InChI=1S/C23H22FN3O/c1-2-27-21-10-6-4-8-17(21)18-14-16(11-12-22(18)27)26-23(28)20(25)13-15-7-3-5-9-19(15)24/h3-12,14,20H,2,13,25H2,1H3,(H,26,28). The van der Waals surface area contributed by atoms with E-state index in [-0.39, 0.29) is 18.1 Å². The number of halogens is 1. The molecule has 4 rings (SSSR count). The average molecular weight is 375 g/mol. The van der Waals surface area contributed by atoms with E-state index in [0.29, 0.717) is 11.3 Å². The molecule has 0 saturated carbocycles. The molecule has 0 aliphatic carbocycles. The number of aromatic nitrogens is 1. The molecule has 0 fully saturated rings. The molecule has 1 aromatic heterocycles. The van der Waals surface area contributed by atoms with Crippen LogP contribution in [0.4, 0.5) is 10.1 Å². The van der Waals surface area contributed by atoms with Gasteiger partial charge in [0.25, 0.3) is 0 Å². The Morgan fingerprint density at radius 1 is 1.04 bits per heavy atom. The first-order valence-electron chi connectivity index (χ1n) is 9.39. The first-order chi connectivity index (χ1) is 13.6. The van der Waals surface area contributed by atoms with Crippen molar-refractivity contribution in [1.82, 2.24) is 4.57 Å². The number of benzene rings is 3. The molecule has 5 heteroatoms. The van der Waals surface area contributed by atoms with Gasteiger partial charge < -0.3 is 15.6 Å². The third-order valence-corrected chi connectivity index (χ3v) is 5.09. The number of amides is 1. The molecular weight excluding hydrogens is 353 g/mol. The molecule has 3 N–H and O–H groups in total. The Hall–Kier alpha value is -3.18. The quantitative estimate of drug-likeness (QED) is 0.541. The molecule has 3 aromatic carbocycles. The van der Waals surface area contributed by atoms with E-state index in [1.165, 1.54) is 11.6 Å². The van der Waals surface area contributed by atoms with E-state index in [1.807, 2.05) is 30.3 Å². The number of nitrogens with zero attached hydrogens (tertiary/aromatic N) is 1. The van der Waals surface area contributed by atoms with Gasteiger partial charge in [0.1, 0.15) is 5.82 Å². The lowest BCUT2D eigenvalue weighted by atomic mass is 10.1. The molecule has 142 valence electrons. The van der Waals surface area contributed by atoms with Crippen LogP contribution in [0.1, 0.15) is 12.5 Å². The van der Waals surface area contributed by atoms with Gasteiger partial charge in [-0.2, -0.15) is 0 Å². The number of hydrogen-bond donors (Lipinski definition) is 2. The first-order valence-corrected chi connectivity index (χ1v) is 9.39. The normalized spacial score (nSPS) is 12.4. The Balaban J connectivity index is 1.60. The molecule has 4 aromatic rings. The van der Waals surface area contributed by atoms with Crippen LogP contribution in [0.3, 0.4) is 0 Å². The lowest BCUT2D eigenvalue weighted by molar-refractivity contribution is -0.117. The Morgan fingerprint density at radius 3 is 2.54 bits per heavy atom. The zero-order chi connectivity index (χ0) is 19.7. The number of carbonyl (C=O) groups is 1. The van der Waals surface area contributed by atoms with E-state index in [0.717, 1.165) is 22.8 Å². The molecule has 4 nitrogen and oxygen atoms in total. The predicted octanol–water partition coefficient (Wildman–Crippen LogP) is 4.46. The third kappa shape index (κ3) is 3.25. The van der Waals surface area contributed by atoms with Crippen LogP contribution in [0.25, 0.3) is 21.8 Å². The second kappa shape index (κ2) is 7.44. The highest BCUT2D eigenvalue weighted by molar-refractivity contribution is 6.10. The summed E-state index contributed by atoms with van der Waals surface area (Å²) in [5.74, 6) is -0.679. The molecular formula is C23H22FN3O. The highest BCUT2D eigenvalue weighted by atomic mass is 19.1. The van der Waals surface area contributed by atoms with E-state index < -0.39 is 6.04 Å². The summed E-state index contributed by atoms with van der Waals surface area (Å²) in [4.78, 5) is 12.5. The van der Waals surface area contributed by atoms with E-state index >= 15 is 0 Å². The molecule has 0 radical (unpaired) electrons. The predicted molar refractivity (Wildman–Crippen MR) is 112 cm³/mol. The van der Waals surface area contributed by atoms with Crippen molar-refractivity contribution in [2.24, 2.45) is 5.73 Å². The molecule has 0 saturated heterocycles. The minimum atomic E-state index is -0.829. The third-order valence-electron chi connectivity index (χ3n) is 5.09. The summed E-state index contributed by atoms with van der Waals surface area (Å²) in [5, 5.41) is 5.10. The highest BCUT2D eigenvalue weighted by Crippen LogP contribution is 2.31. The summed E-state index contributed by atoms with van der Waals surface area (Å²) in [5.41, 5.74) is 9.42. The maximum absolute atomic E-state index is 13.8. The summed E-state index contributed by atoms with van der Waals surface area (Å²) in [6.45, 7) is 2.98. The average Bonchev–Trinajstić information content (AvgIpc) is 3.02. The van der Waals surface area contributed by atoms with Crippen LogP contribution in [0.5, 0.6) is 0 Å². The number of nitrogens with two attached hydrogens (primary N) is 1. The van der Waals surface area contributed by atoms with Crippen molar-refractivity contribution in [3.63, 3.8) is 0 Å². The fourth-order valence-corrected chi connectivity index (χ4v) is 3.70. The fraction of sp³-hybridized carbons (Fsp3) is 0.174. The van der Waals surface area contributed by atoms with Gasteiger partial charge in [-0.25, -0.2) is 4.39 Å². The number of hydrogen-bond acceptors (Lipinski definition) is 2. The van der Waals surface area contributed by atoms with Crippen molar-refractivity contribution < 1.29 is 9.18 Å². The fourth-order valence-electron chi connectivity index (χ4n) is 3.70. The number of carbonyl (C=O) groups excluding carboxylic acids is 1. The number of fused-ring (bicyclic) bond motifs is 3. The van der Waals surface area contributed by atoms with Crippen molar-refractivity contribution >= 4 is 33.4 Å². The van der Waals surface area contributed by atoms with Crippen LogP contribution < -0.4 is 11.1 Å². The van der Waals surface area contributed by atoms with Crippen molar-refractivity contribution in [2.75, 3.05) is 5.32 Å². The summed E-state index contributed by atoms with van der Waals surface area (Å²) in [7, 11) is 0. The van der Waals surface area contributed by atoms with Crippen molar-refractivity contribution in [3.05, 3.63) is 78.1 Å². The molecule has 1 unspecified atom stereocenters. The van der Waals surface area contributed by atoms with Gasteiger partial charge in [0, 0.05) is 34.0 Å². The minimum Gasteiger partial charge on any atom is -0.341 e. The van der Waals surface area contributed by atoms with Crippen molar-refractivity contribution in [3.8, 4) is 0 Å². The Kier molecular flexibility index (Phi) is 4.84. The molecule has 0 aliphatic heterocycles. The molecule has 1 atom stereocenters. The van der Waals surface area contributed by atoms with Crippen LogP contribution in [0.2, 0.25) is 0 Å².